The molecule has 3 fully saturated rings. The quantitative estimate of drug-likeness (QED) is 0.812. The Bertz CT molecular complexity index is 770. The van der Waals surface area contributed by atoms with E-state index in [2.05, 4.69) is 0 Å². The molecule has 2 saturated heterocycles. The van der Waals surface area contributed by atoms with Crippen LogP contribution in [0.1, 0.15) is 30.9 Å². The molecular formula is C20H28ClFN4O2. The van der Waals surface area contributed by atoms with Gasteiger partial charge < -0.3 is 20.4 Å². The van der Waals surface area contributed by atoms with E-state index in [4.69, 9.17) is 5.73 Å². The van der Waals surface area contributed by atoms with Gasteiger partial charge >= 0.3 is 6.03 Å². The fourth-order valence-corrected chi connectivity index (χ4v) is 4.87. The molecule has 28 heavy (non-hydrogen) atoms. The third-order valence-electron chi connectivity index (χ3n) is 6.44. The summed E-state index contributed by atoms with van der Waals surface area (Å²) < 4.78 is 13.9. The van der Waals surface area contributed by atoms with Crippen molar-refractivity contribution in [3.05, 3.63) is 35.6 Å². The molecule has 1 aromatic carbocycles. The van der Waals surface area contributed by atoms with E-state index in [0.29, 0.717) is 19.6 Å². The Morgan fingerprint density at radius 3 is 2.50 bits per heavy atom. The summed E-state index contributed by atoms with van der Waals surface area (Å²) in [5.41, 5.74) is 6.33. The van der Waals surface area contributed by atoms with Crippen LogP contribution in [0, 0.1) is 17.7 Å². The molecular weight excluding hydrogens is 383 g/mol. The van der Waals surface area contributed by atoms with E-state index in [1.807, 2.05) is 15.9 Å². The normalized spacial score (nSPS) is 27.6. The van der Waals surface area contributed by atoms with Crippen molar-refractivity contribution in [1.29, 1.82) is 0 Å². The molecule has 8 heteroatoms. The van der Waals surface area contributed by atoms with E-state index in [1.54, 1.807) is 25.1 Å². The van der Waals surface area contributed by atoms with Gasteiger partial charge in [0.1, 0.15) is 5.82 Å². The Morgan fingerprint density at radius 1 is 1.21 bits per heavy atom. The lowest BCUT2D eigenvalue weighted by Crippen LogP contribution is -2.59. The zero-order valence-electron chi connectivity index (χ0n) is 16.3. The number of amides is 3. The Hall–Kier alpha value is -1.86. The van der Waals surface area contributed by atoms with Gasteiger partial charge in [0.15, 0.2) is 0 Å². The molecule has 0 bridgehead atoms. The zero-order chi connectivity index (χ0) is 19.3. The van der Waals surface area contributed by atoms with Crippen LogP contribution in [0.4, 0.5) is 9.18 Å². The van der Waals surface area contributed by atoms with Crippen LogP contribution in [0.25, 0.3) is 0 Å². The molecule has 2 aliphatic heterocycles. The molecule has 0 unspecified atom stereocenters. The van der Waals surface area contributed by atoms with Gasteiger partial charge in [0.25, 0.3) is 0 Å². The molecule has 0 spiro atoms. The lowest BCUT2D eigenvalue weighted by molar-refractivity contribution is -0.139. The molecule has 6 nitrogen and oxygen atoms in total. The molecule has 1 saturated carbocycles. The first-order chi connectivity index (χ1) is 12.8. The topological polar surface area (TPSA) is 69.9 Å². The summed E-state index contributed by atoms with van der Waals surface area (Å²) in [6.45, 7) is 1.76. The number of likely N-dealkylation sites (tertiary alicyclic amines) is 2. The van der Waals surface area contributed by atoms with E-state index in [1.165, 1.54) is 12.1 Å². The molecule has 4 rings (SSSR count). The number of nitrogens with zero attached hydrogens (tertiary/aromatic N) is 3. The third kappa shape index (κ3) is 3.35. The minimum absolute atomic E-state index is 0. The van der Waals surface area contributed by atoms with Gasteiger partial charge in [-0.2, -0.15) is 0 Å². The van der Waals surface area contributed by atoms with Crippen molar-refractivity contribution < 1.29 is 14.0 Å². The first-order valence-corrected chi connectivity index (χ1v) is 9.62. The largest absolute Gasteiger partial charge is 0.340 e. The number of hydrogen-bond donors (Lipinski definition) is 1. The summed E-state index contributed by atoms with van der Waals surface area (Å²) in [5.74, 6) is 0.0132. The van der Waals surface area contributed by atoms with Crippen molar-refractivity contribution in [3.63, 3.8) is 0 Å². The maximum absolute atomic E-state index is 13.9. The van der Waals surface area contributed by atoms with Gasteiger partial charge in [-0.05, 0) is 37.0 Å². The summed E-state index contributed by atoms with van der Waals surface area (Å²) in [5, 5.41) is 0. The molecule has 3 aliphatic rings. The molecule has 154 valence electrons. The number of halogens is 2. The average molecular weight is 411 g/mol. The lowest BCUT2D eigenvalue weighted by atomic mass is 9.76. The fourth-order valence-electron chi connectivity index (χ4n) is 4.87. The predicted molar refractivity (Wildman–Crippen MR) is 107 cm³/mol. The number of fused-ring (bicyclic) bond motifs is 1. The van der Waals surface area contributed by atoms with Crippen molar-refractivity contribution in [2.45, 2.75) is 30.8 Å². The van der Waals surface area contributed by atoms with Crippen molar-refractivity contribution in [2.24, 2.45) is 17.6 Å². The number of carbonyl (C=O) groups excluding carboxylic acids is 2. The van der Waals surface area contributed by atoms with Gasteiger partial charge in [0.05, 0.1) is 11.6 Å². The first-order valence-electron chi connectivity index (χ1n) is 9.62. The highest BCUT2D eigenvalue weighted by Gasteiger charge is 2.53. The van der Waals surface area contributed by atoms with Crippen LogP contribution in [0.15, 0.2) is 24.3 Å². The van der Waals surface area contributed by atoms with Gasteiger partial charge in [-0.3, -0.25) is 4.79 Å². The van der Waals surface area contributed by atoms with Crippen molar-refractivity contribution in [2.75, 3.05) is 33.7 Å². The Kier molecular flexibility index (Phi) is 5.60. The fraction of sp³-hybridized carbons (Fsp3) is 0.600. The summed E-state index contributed by atoms with van der Waals surface area (Å²) in [4.78, 5) is 30.8. The van der Waals surface area contributed by atoms with Gasteiger partial charge in [-0.15, -0.1) is 12.4 Å². The molecule has 1 aliphatic carbocycles. The summed E-state index contributed by atoms with van der Waals surface area (Å²) >= 11 is 0. The smallest absolute Gasteiger partial charge is 0.320 e. The molecule has 0 aromatic heterocycles. The maximum Gasteiger partial charge on any atom is 0.320 e. The standard InChI is InChI=1S/C20H27FN4O2.ClH/c1-23(2)19(27)25-11-14-10-24(18(26)20(22)7-4-8-20)12-16(14)17(25)13-5-3-6-15(21)9-13;/h3,5-6,9,14,16-17H,4,7-8,10-12,22H2,1-2H3;1H/t14-,16-,17-;/m1./s1. The zero-order valence-corrected chi connectivity index (χ0v) is 17.1. The van der Waals surface area contributed by atoms with E-state index in [9.17, 15) is 14.0 Å². The molecule has 3 atom stereocenters. The SMILES string of the molecule is CN(C)C(=O)N1C[C@H]2CN(C(=O)C3(N)CCC3)C[C@H]2[C@H]1c1cccc(F)c1.Cl. The van der Waals surface area contributed by atoms with Crippen LogP contribution in [0.5, 0.6) is 0 Å². The van der Waals surface area contributed by atoms with E-state index >= 15 is 0 Å². The second-order valence-corrected chi connectivity index (χ2v) is 8.47. The predicted octanol–water partition coefficient (Wildman–Crippen LogP) is 2.24. The highest BCUT2D eigenvalue weighted by Crippen LogP contribution is 2.46. The summed E-state index contributed by atoms with van der Waals surface area (Å²) in [7, 11) is 3.45. The second-order valence-electron chi connectivity index (χ2n) is 8.47. The van der Waals surface area contributed by atoms with E-state index in [-0.39, 0.29) is 48.0 Å². The molecule has 0 radical (unpaired) electrons. The Labute approximate surface area is 171 Å². The second kappa shape index (κ2) is 7.52. The molecule has 2 N–H and O–H groups in total. The molecule has 2 heterocycles. The lowest BCUT2D eigenvalue weighted by Gasteiger charge is -2.40. The van der Waals surface area contributed by atoms with Crippen molar-refractivity contribution in [1.82, 2.24) is 14.7 Å². The summed E-state index contributed by atoms with van der Waals surface area (Å²) in [6.07, 6.45) is 2.49. The minimum Gasteiger partial charge on any atom is -0.340 e. The van der Waals surface area contributed by atoms with Crippen LogP contribution in [0.2, 0.25) is 0 Å². The van der Waals surface area contributed by atoms with Gasteiger partial charge in [0.2, 0.25) is 5.91 Å². The number of carbonyl (C=O) groups is 2. The Balaban J connectivity index is 0.00000225. The van der Waals surface area contributed by atoms with E-state index in [0.717, 1.165) is 24.8 Å². The first kappa shape index (κ1) is 20.9. The molecule has 3 amide bonds. The number of urea groups is 1. The van der Waals surface area contributed by atoms with Crippen molar-refractivity contribution in [3.8, 4) is 0 Å². The van der Waals surface area contributed by atoms with Crippen molar-refractivity contribution >= 4 is 24.3 Å². The van der Waals surface area contributed by atoms with E-state index < -0.39 is 5.54 Å². The number of nitrogens with two attached hydrogens (primary N) is 1. The van der Waals surface area contributed by atoms with Gasteiger partial charge in [0, 0.05) is 45.6 Å². The third-order valence-corrected chi connectivity index (χ3v) is 6.44. The van der Waals surface area contributed by atoms with Crippen LogP contribution in [-0.4, -0.2) is 65.9 Å². The molecule has 1 aromatic rings. The van der Waals surface area contributed by atoms with Crippen LogP contribution in [-0.2, 0) is 4.79 Å². The highest BCUT2D eigenvalue weighted by atomic mass is 35.5. The average Bonchev–Trinajstić information content (AvgIpc) is 3.15. The highest BCUT2D eigenvalue weighted by molar-refractivity contribution is 5.87. The maximum atomic E-state index is 13.9. The van der Waals surface area contributed by atoms with Crippen LogP contribution >= 0.6 is 12.4 Å². The minimum atomic E-state index is -0.702. The van der Waals surface area contributed by atoms with Crippen LogP contribution < -0.4 is 5.73 Å². The summed E-state index contributed by atoms with van der Waals surface area (Å²) in [6, 6.07) is 6.15. The van der Waals surface area contributed by atoms with Gasteiger partial charge in [-0.25, -0.2) is 9.18 Å². The van der Waals surface area contributed by atoms with Crippen LogP contribution in [0.3, 0.4) is 0 Å². The number of rotatable bonds is 2. The monoisotopic (exact) mass is 410 g/mol. The number of benzene rings is 1. The van der Waals surface area contributed by atoms with Gasteiger partial charge in [-0.1, -0.05) is 12.1 Å². The number of hydrogen-bond acceptors (Lipinski definition) is 3. The Morgan fingerprint density at radius 2 is 1.93 bits per heavy atom.